The van der Waals surface area contributed by atoms with E-state index in [2.05, 4.69) is 11.8 Å². The SMILES string of the molecule is CCC1CCCN(CC(=O)c2cccc(F)c2)C1. The first-order chi connectivity index (χ1) is 8.69. The number of ketones is 1. The Kier molecular flexibility index (Phi) is 4.48. The fraction of sp³-hybridized carbons (Fsp3) is 0.533. The summed E-state index contributed by atoms with van der Waals surface area (Å²) in [6, 6.07) is 5.97. The van der Waals surface area contributed by atoms with Gasteiger partial charge in [-0.05, 0) is 37.4 Å². The zero-order chi connectivity index (χ0) is 13.0. The van der Waals surface area contributed by atoms with E-state index in [9.17, 15) is 9.18 Å². The molecule has 1 aromatic carbocycles. The molecule has 2 nitrogen and oxygen atoms in total. The maximum Gasteiger partial charge on any atom is 0.176 e. The Balaban J connectivity index is 1.95. The molecular weight excluding hydrogens is 229 g/mol. The van der Waals surface area contributed by atoms with Crippen LogP contribution in [0.15, 0.2) is 24.3 Å². The van der Waals surface area contributed by atoms with Crippen LogP contribution in [0.4, 0.5) is 4.39 Å². The second-order valence-corrected chi connectivity index (χ2v) is 5.09. The lowest BCUT2D eigenvalue weighted by Crippen LogP contribution is -2.38. The van der Waals surface area contributed by atoms with E-state index in [1.165, 1.54) is 25.0 Å². The van der Waals surface area contributed by atoms with Crippen LogP contribution < -0.4 is 0 Å². The van der Waals surface area contributed by atoms with Crippen molar-refractivity contribution in [2.75, 3.05) is 19.6 Å². The molecular formula is C15H20FNO. The van der Waals surface area contributed by atoms with E-state index >= 15 is 0 Å². The molecule has 1 aliphatic rings. The number of rotatable bonds is 4. The number of carbonyl (C=O) groups excluding carboxylic acids is 1. The second kappa shape index (κ2) is 6.10. The molecule has 1 aromatic rings. The highest BCUT2D eigenvalue weighted by Crippen LogP contribution is 2.19. The van der Waals surface area contributed by atoms with Gasteiger partial charge in [-0.3, -0.25) is 9.69 Å². The van der Waals surface area contributed by atoms with Crippen LogP contribution >= 0.6 is 0 Å². The Morgan fingerprint density at radius 3 is 3.06 bits per heavy atom. The average Bonchev–Trinajstić information content (AvgIpc) is 2.39. The average molecular weight is 249 g/mol. The van der Waals surface area contributed by atoms with Gasteiger partial charge in [-0.15, -0.1) is 0 Å². The summed E-state index contributed by atoms with van der Waals surface area (Å²) in [5.41, 5.74) is 0.480. The molecule has 0 saturated carbocycles. The van der Waals surface area contributed by atoms with Gasteiger partial charge >= 0.3 is 0 Å². The molecule has 1 heterocycles. The highest BCUT2D eigenvalue weighted by molar-refractivity contribution is 5.97. The smallest absolute Gasteiger partial charge is 0.176 e. The van der Waals surface area contributed by atoms with Gasteiger partial charge in [-0.1, -0.05) is 25.5 Å². The Morgan fingerprint density at radius 1 is 1.50 bits per heavy atom. The first kappa shape index (κ1) is 13.2. The molecule has 0 N–H and O–H groups in total. The summed E-state index contributed by atoms with van der Waals surface area (Å²) >= 11 is 0. The maximum absolute atomic E-state index is 13.1. The summed E-state index contributed by atoms with van der Waals surface area (Å²) < 4.78 is 13.1. The minimum atomic E-state index is -0.342. The van der Waals surface area contributed by atoms with E-state index in [0.29, 0.717) is 18.0 Å². The molecule has 0 spiro atoms. The van der Waals surface area contributed by atoms with E-state index in [1.54, 1.807) is 12.1 Å². The number of hydrogen-bond acceptors (Lipinski definition) is 2. The van der Waals surface area contributed by atoms with E-state index in [-0.39, 0.29) is 11.6 Å². The molecule has 0 amide bonds. The van der Waals surface area contributed by atoms with Gasteiger partial charge in [0, 0.05) is 12.1 Å². The van der Waals surface area contributed by atoms with Crippen LogP contribution in [0.1, 0.15) is 36.5 Å². The van der Waals surface area contributed by atoms with Crippen LogP contribution in [0.2, 0.25) is 0 Å². The van der Waals surface area contributed by atoms with Gasteiger partial charge in [0.2, 0.25) is 0 Å². The minimum Gasteiger partial charge on any atom is -0.296 e. The van der Waals surface area contributed by atoms with Crippen molar-refractivity contribution < 1.29 is 9.18 Å². The van der Waals surface area contributed by atoms with Crippen LogP contribution in [0, 0.1) is 11.7 Å². The first-order valence-electron chi connectivity index (χ1n) is 6.70. The third kappa shape index (κ3) is 3.39. The third-order valence-electron chi connectivity index (χ3n) is 3.69. The van der Waals surface area contributed by atoms with Gasteiger partial charge in [-0.2, -0.15) is 0 Å². The molecule has 18 heavy (non-hydrogen) atoms. The van der Waals surface area contributed by atoms with Crippen LogP contribution in [0.3, 0.4) is 0 Å². The van der Waals surface area contributed by atoms with Gasteiger partial charge in [0.1, 0.15) is 5.82 Å². The van der Waals surface area contributed by atoms with Crippen molar-refractivity contribution in [2.24, 2.45) is 5.92 Å². The molecule has 1 atom stereocenters. The monoisotopic (exact) mass is 249 g/mol. The summed E-state index contributed by atoms with van der Waals surface area (Å²) in [7, 11) is 0. The minimum absolute atomic E-state index is 0.0197. The largest absolute Gasteiger partial charge is 0.296 e. The number of nitrogens with zero attached hydrogens (tertiary/aromatic N) is 1. The highest BCUT2D eigenvalue weighted by Gasteiger charge is 2.20. The molecule has 1 saturated heterocycles. The Bertz CT molecular complexity index is 419. The van der Waals surface area contributed by atoms with Gasteiger partial charge in [0.05, 0.1) is 6.54 Å². The van der Waals surface area contributed by atoms with Crippen LogP contribution in [0.25, 0.3) is 0 Å². The van der Waals surface area contributed by atoms with E-state index in [0.717, 1.165) is 19.5 Å². The van der Waals surface area contributed by atoms with Crippen LogP contribution in [-0.4, -0.2) is 30.3 Å². The zero-order valence-corrected chi connectivity index (χ0v) is 10.9. The molecule has 0 aliphatic carbocycles. The predicted octanol–water partition coefficient (Wildman–Crippen LogP) is 3.13. The molecule has 0 bridgehead atoms. The topological polar surface area (TPSA) is 20.3 Å². The lowest BCUT2D eigenvalue weighted by atomic mass is 9.95. The molecule has 98 valence electrons. The molecule has 1 aliphatic heterocycles. The lowest BCUT2D eigenvalue weighted by molar-refractivity contribution is 0.0884. The quantitative estimate of drug-likeness (QED) is 0.764. The number of piperidine rings is 1. The highest BCUT2D eigenvalue weighted by atomic mass is 19.1. The van der Waals surface area contributed by atoms with Crippen molar-refractivity contribution in [3.05, 3.63) is 35.6 Å². The fourth-order valence-electron chi connectivity index (χ4n) is 2.58. The van der Waals surface area contributed by atoms with Crippen molar-refractivity contribution >= 4 is 5.78 Å². The summed E-state index contributed by atoms with van der Waals surface area (Å²) in [5.74, 6) is 0.385. The molecule has 1 unspecified atom stereocenters. The first-order valence-corrected chi connectivity index (χ1v) is 6.70. The van der Waals surface area contributed by atoms with E-state index in [4.69, 9.17) is 0 Å². The van der Waals surface area contributed by atoms with Crippen molar-refractivity contribution in [3.8, 4) is 0 Å². The van der Waals surface area contributed by atoms with Crippen molar-refractivity contribution in [3.63, 3.8) is 0 Å². The molecule has 2 rings (SSSR count). The number of likely N-dealkylation sites (tertiary alicyclic amines) is 1. The van der Waals surface area contributed by atoms with Crippen molar-refractivity contribution in [2.45, 2.75) is 26.2 Å². The molecule has 0 aromatic heterocycles. The van der Waals surface area contributed by atoms with Gasteiger partial charge < -0.3 is 0 Å². The number of carbonyl (C=O) groups is 1. The molecule has 1 fully saturated rings. The Morgan fingerprint density at radius 2 is 2.33 bits per heavy atom. The van der Waals surface area contributed by atoms with Gasteiger partial charge in [-0.25, -0.2) is 4.39 Å². The van der Waals surface area contributed by atoms with Crippen molar-refractivity contribution in [1.29, 1.82) is 0 Å². The van der Waals surface area contributed by atoms with Crippen molar-refractivity contribution in [1.82, 2.24) is 4.90 Å². The summed E-state index contributed by atoms with van der Waals surface area (Å²) in [4.78, 5) is 14.3. The summed E-state index contributed by atoms with van der Waals surface area (Å²) in [6.07, 6.45) is 3.60. The Labute approximate surface area is 108 Å². The van der Waals surface area contributed by atoms with E-state index < -0.39 is 0 Å². The molecule has 0 radical (unpaired) electrons. The summed E-state index contributed by atoms with van der Waals surface area (Å²) in [5, 5.41) is 0. The Hall–Kier alpha value is -1.22. The lowest BCUT2D eigenvalue weighted by Gasteiger charge is -2.31. The third-order valence-corrected chi connectivity index (χ3v) is 3.69. The fourth-order valence-corrected chi connectivity index (χ4v) is 2.58. The standard InChI is InChI=1S/C15H20FNO/c1-2-12-5-4-8-17(10-12)11-15(18)13-6-3-7-14(16)9-13/h3,6-7,9,12H,2,4-5,8,10-11H2,1H3. The van der Waals surface area contributed by atoms with Gasteiger partial charge in [0.25, 0.3) is 0 Å². The molecule has 3 heteroatoms. The predicted molar refractivity (Wildman–Crippen MR) is 70.2 cm³/mol. The normalized spacial score (nSPS) is 20.9. The number of halogens is 1. The van der Waals surface area contributed by atoms with Crippen LogP contribution in [0.5, 0.6) is 0 Å². The zero-order valence-electron chi connectivity index (χ0n) is 10.9. The summed E-state index contributed by atoms with van der Waals surface area (Å²) in [6.45, 7) is 4.59. The number of Topliss-reactive ketones (excluding diaryl/α,β-unsaturated/α-hetero) is 1. The maximum atomic E-state index is 13.1. The van der Waals surface area contributed by atoms with Gasteiger partial charge in [0.15, 0.2) is 5.78 Å². The van der Waals surface area contributed by atoms with Crippen LogP contribution in [-0.2, 0) is 0 Å². The number of benzene rings is 1. The van der Waals surface area contributed by atoms with E-state index in [1.807, 2.05) is 0 Å². The number of hydrogen-bond donors (Lipinski definition) is 0. The second-order valence-electron chi connectivity index (χ2n) is 5.09.